The van der Waals surface area contributed by atoms with E-state index in [1.54, 1.807) is 18.2 Å². The smallest absolute Gasteiger partial charge is 0.240 e. The first-order chi connectivity index (χ1) is 10.1. The minimum atomic E-state index is -3.43. The van der Waals surface area contributed by atoms with E-state index in [0.717, 1.165) is 25.1 Å². The normalized spacial score (nSPS) is 11.7. The van der Waals surface area contributed by atoms with Gasteiger partial charge in [0.2, 0.25) is 10.0 Å². The summed E-state index contributed by atoms with van der Waals surface area (Å²) in [4.78, 5) is 0.312. The predicted molar refractivity (Wildman–Crippen MR) is 84.7 cm³/mol. The van der Waals surface area contributed by atoms with E-state index in [-0.39, 0.29) is 0 Å². The van der Waals surface area contributed by atoms with Crippen molar-refractivity contribution in [2.75, 3.05) is 26.3 Å². The van der Waals surface area contributed by atoms with Crippen LogP contribution in [-0.2, 0) is 21.3 Å². The van der Waals surface area contributed by atoms with Gasteiger partial charge < -0.3 is 10.1 Å². The van der Waals surface area contributed by atoms with Crippen LogP contribution >= 0.6 is 0 Å². The molecule has 0 spiro atoms. The number of hydrogen-bond donors (Lipinski definition) is 2. The Morgan fingerprint density at radius 2 is 2.00 bits per heavy atom. The Morgan fingerprint density at radius 3 is 2.71 bits per heavy atom. The van der Waals surface area contributed by atoms with Crippen molar-refractivity contribution in [1.82, 2.24) is 10.0 Å². The quantitative estimate of drug-likeness (QED) is 0.612. The molecule has 0 aliphatic rings. The Kier molecular flexibility index (Phi) is 8.52. The molecule has 0 aliphatic carbocycles. The fourth-order valence-electron chi connectivity index (χ4n) is 1.80. The summed E-state index contributed by atoms with van der Waals surface area (Å²) in [5.41, 5.74) is 0.964. The number of rotatable bonds is 11. The lowest BCUT2D eigenvalue weighted by molar-refractivity contribution is 0.133. The van der Waals surface area contributed by atoms with E-state index in [0.29, 0.717) is 31.0 Å². The molecule has 0 fully saturated rings. The van der Waals surface area contributed by atoms with Crippen LogP contribution in [0.4, 0.5) is 0 Å². The molecule has 0 amide bonds. The highest BCUT2D eigenvalue weighted by atomic mass is 32.2. The molecule has 0 aliphatic heterocycles. The van der Waals surface area contributed by atoms with Crippen LogP contribution in [0.3, 0.4) is 0 Å². The van der Waals surface area contributed by atoms with Crippen molar-refractivity contribution >= 4 is 10.0 Å². The molecule has 0 heterocycles. The lowest BCUT2D eigenvalue weighted by Gasteiger charge is -2.09. The average Bonchev–Trinajstić information content (AvgIpc) is 2.49. The maximum Gasteiger partial charge on any atom is 0.240 e. The highest BCUT2D eigenvalue weighted by Crippen LogP contribution is 2.11. The zero-order valence-corrected chi connectivity index (χ0v) is 13.7. The van der Waals surface area contributed by atoms with Gasteiger partial charge in [0.15, 0.2) is 0 Å². The van der Waals surface area contributed by atoms with Crippen molar-refractivity contribution in [3.63, 3.8) is 0 Å². The molecule has 0 atom stereocenters. The third-order valence-corrected chi connectivity index (χ3v) is 4.35. The Hall–Kier alpha value is -0.950. The van der Waals surface area contributed by atoms with Gasteiger partial charge in [-0.25, -0.2) is 13.1 Å². The van der Waals surface area contributed by atoms with E-state index in [2.05, 4.69) is 10.0 Å². The van der Waals surface area contributed by atoms with Gasteiger partial charge in [0, 0.05) is 26.3 Å². The number of sulfonamides is 1. The van der Waals surface area contributed by atoms with Crippen LogP contribution in [0.15, 0.2) is 29.2 Å². The maximum atomic E-state index is 12.2. The first-order valence-corrected chi connectivity index (χ1v) is 8.95. The van der Waals surface area contributed by atoms with Gasteiger partial charge in [-0.15, -0.1) is 0 Å². The zero-order valence-electron chi connectivity index (χ0n) is 12.9. The van der Waals surface area contributed by atoms with Gasteiger partial charge in [0.1, 0.15) is 0 Å². The van der Waals surface area contributed by atoms with Gasteiger partial charge >= 0.3 is 0 Å². The minimum Gasteiger partial charge on any atom is -0.381 e. The largest absolute Gasteiger partial charge is 0.381 e. The number of benzene rings is 1. The van der Waals surface area contributed by atoms with Crippen LogP contribution in [0.2, 0.25) is 0 Å². The van der Waals surface area contributed by atoms with Crippen molar-refractivity contribution in [2.45, 2.75) is 38.1 Å². The molecular formula is C15H26N2O3S. The first kappa shape index (κ1) is 18.1. The average molecular weight is 314 g/mol. The van der Waals surface area contributed by atoms with Crippen molar-refractivity contribution < 1.29 is 13.2 Å². The molecule has 6 heteroatoms. The summed E-state index contributed by atoms with van der Waals surface area (Å²) in [7, 11) is -3.43. The predicted octanol–water partition coefficient (Wildman–Crippen LogP) is 1.89. The Labute approximate surface area is 128 Å². The molecule has 21 heavy (non-hydrogen) atoms. The Balaban J connectivity index is 2.49. The summed E-state index contributed by atoms with van der Waals surface area (Å²) in [6.07, 6.45) is 1.65. The van der Waals surface area contributed by atoms with Gasteiger partial charge in [-0.05, 0) is 37.1 Å². The van der Waals surface area contributed by atoms with Crippen LogP contribution < -0.4 is 10.0 Å². The molecule has 120 valence electrons. The van der Waals surface area contributed by atoms with Crippen LogP contribution in [0.1, 0.15) is 32.3 Å². The van der Waals surface area contributed by atoms with Gasteiger partial charge in [-0.2, -0.15) is 0 Å². The topological polar surface area (TPSA) is 67.4 Å². The molecular weight excluding hydrogens is 288 g/mol. The lowest BCUT2D eigenvalue weighted by atomic mass is 10.2. The van der Waals surface area contributed by atoms with Crippen LogP contribution in [0.5, 0.6) is 0 Å². The lowest BCUT2D eigenvalue weighted by Crippen LogP contribution is -2.26. The van der Waals surface area contributed by atoms with Crippen molar-refractivity contribution in [3.8, 4) is 0 Å². The fourth-order valence-corrected chi connectivity index (χ4v) is 2.95. The molecule has 2 N–H and O–H groups in total. The van der Waals surface area contributed by atoms with Crippen LogP contribution in [0.25, 0.3) is 0 Å². The second-order valence-corrected chi connectivity index (χ2v) is 6.56. The van der Waals surface area contributed by atoms with Crippen molar-refractivity contribution in [3.05, 3.63) is 29.8 Å². The summed E-state index contributed by atoms with van der Waals surface area (Å²) in [5.74, 6) is 0. The number of nitrogens with one attached hydrogen (secondary N) is 2. The number of ether oxygens (including phenoxy) is 1. The van der Waals surface area contributed by atoms with Crippen molar-refractivity contribution in [2.24, 2.45) is 0 Å². The third-order valence-electron chi connectivity index (χ3n) is 2.89. The third kappa shape index (κ3) is 7.04. The highest BCUT2D eigenvalue weighted by Gasteiger charge is 2.13. The molecule has 0 aromatic heterocycles. The second kappa shape index (κ2) is 9.89. The summed E-state index contributed by atoms with van der Waals surface area (Å²) in [6, 6.07) is 7.01. The molecule has 0 unspecified atom stereocenters. The van der Waals surface area contributed by atoms with E-state index >= 15 is 0 Å². The molecule has 1 rings (SSSR count). The number of hydrogen-bond acceptors (Lipinski definition) is 4. The van der Waals surface area contributed by atoms with Gasteiger partial charge in [0.25, 0.3) is 0 Å². The minimum absolute atomic E-state index is 0.312. The van der Waals surface area contributed by atoms with E-state index < -0.39 is 10.0 Å². The Morgan fingerprint density at radius 1 is 1.19 bits per heavy atom. The van der Waals surface area contributed by atoms with E-state index in [9.17, 15) is 8.42 Å². The Bertz CT molecular complexity index is 503. The van der Waals surface area contributed by atoms with Crippen molar-refractivity contribution in [1.29, 1.82) is 0 Å². The maximum absolute atomic E-state index is 12.2. The van der Waals surface area contributed by atoms with E-state index in [1.165, 1.54) is 0 Å². The summed E-state index contributed by atoms with van der Waals surface area (Å²) >= 11 is 0. The highest BCUT2D eigenvalue weighted by molar-refractivity contribution is 7.89. The van der Waals surface area contributed by atoms with E-state index in [1.807, 2.05) is 19.9 Å². The van der Waals surface area contributed by atoms with Crippen LogP contribution in [0, 0.1) is 0 Å². The molecule has 5 nitrogen and oxygen atoms in total. The molecule has 1 aromatic carbocycles. The SMILES string of the molecule is CCCOCCCNS(=O)(=O)c1cccc(CNCC)c1. The first-order valence-electron chi connectivity index (χ1n) is 7.47. The fraction of sp³-hybridized carbons (Fsp3) is 0.600. The summed E-state index contributed by atoms with van der Waals surface area (Å²) < 4.78 is 32.3. The molecule has 0 saturated carbocycles. The summed E-state index contributed by atoms with van der Waals surface area (Å²) in [6.45, 7) is 7.28. The molecule has 1 aromatic rings. The van der Waals surface area contributed by atoms with Gasteiger partial charge in [0.05, 0.1) is 4.90 Å². The summed E-state index contributed by atoms with van der Waals surface area (Å²) in [5, 5.41) is 3.18. The standard InChI is InChI=1S/C15H26N2O3S/c1-3-10-20-11-6-9-17-21(18,19)15-8-5-7-14(12-15)13-16-4-2/h5,7-8,12,16-17H,3-4,6,9-11,13H2,1-2H3. The van der Waals surface area contributed by atoms with E-state index in [4.69, 9.17) is 4.74 Å². The molecule has 0 radical (unpaired) electrons. The van der Waals surface area contributed by atoms with Gasteiger partial charge in [-0.3, -0.25) is 0 Å². The van der Waals surface area contributed by atoms with Gasteiger partial charge in [-0.1, -0.05) is 26.0 Å². The monoisotopic (exact) mass is 314 g/mol. The second-order valence-electron chi connectivity index (χ2n) is 4.79. The zero-order chi connectivity index (χ0) is 15.6. The molecule has 0 bridgehead atoms. The van der Waals surface area contributed by atoms with Crippen LogP contribution in [-0.4, -0.2) is 34.7 Å². The molecule has 0 saturated heterocycles.